The molecule has 0 fully saturated rings. The fourth-order valence-corrected chi connectivity index (χ4v) is 2.58. The Morgan fingerprint density at radius 3 is 3.14 bits per heavy atom. The van der Waals surface area contributed by atoms with Gasteiger partial charge in [-0.3, -0.25) is 9.78 Å². The van der Waals surface area contributed by atoms with Gasteiger partial charge >= 0.3 is 0 Å². The Morgan fingerprint density at radius 2 is 2.33 bits per heavy atom. The predicted octanol–water partition coefficient (Wildman–Crippen LogP) is 0.693. The number of nitrogens with zero attached hydrogens (tertiary/aromatic N) is 3. The van der Waals surface area contributed by atoms with Gasteiger partial charge in [0.2, 0.25) is 5.91 Å². The molecule has 0 aromatic carbocycles. The first-order chi connectivity index (χ1) is 10.3. The summed E-state index contributed by atoms with van der Waals surface area (Å²) in [7, 11) is 1.83. The summed E-state index contributed by atoms with van der Waals surface area (Å²) in [6.45, 7) is 1.44. The topological polar surface area (TPSA) is 73.9 Å². The number of aromatic nitrogens is 3. The van der Waals surface area contributed by atoms with Crippen LogP contribution in [0.2, 0.25) is 0 Å². The molecule has 6 heteroatoms. The van der Waals surface area contributed by atoms with Crippen LogP contribution in [0.25, 0.3) is 0 Å². The molecule has 0 radical (unpaired) electrons. The highest BCUT2D eigenvalue weighted by Gasteiger charge is 2.30. The Balaban J connectivity index is 1.63. The standard InChI is InChI=1S/C15H19N5O/c1-20(9-6-11-4-2-3-7-16-11)15(21)14-13-12(5-8-17-14)18-10-19-13/h2-4,7,10,14,17H,5-6,8-9H2,1H3,(H,18,19). The van der Waals surface area contributed by atoms with Crippen LogP contribution >= 0.6 is 0 Å². The molecule has 2 N–H and O–H groups in total. The Morgan fingerprint density at radius 1 is 1.43 bits per heavy atom. The van der Waals surface area contributed by atoms with E-state index in [1.54, 1.807) is 17.4 Å². The molecule has 1 aliphatic heterocycles. The Kier molecular flexibility index (Phi) is 3.96. The zero-order chi connectivity index (χ0) is 14.7. The maximum atomic E-state index is 12.6. The molecule has 3 heterocycles. The molecule has 3 rings (SSSR count). The normalized spacial score (nSPS) is 17.3. The van der Waals surface area contributed by atoms with Crippen LogP contribution in [0.4, 0.5) is 0 Å². The van der Waals surface area contributed by atoms with Crippen molar-refractivity contribution in [2.24, 2.45) is 0 Å². The van der Waals surface area contributed by atoms with E-state index in [2.05, 4.69) is 20.3 Å². The van der Waals surface area contributed by atoms with E-state index in [-0.39, 0.29) is 11.9 Å². The fourth-order valence-electron chi connectivity index (χ4n) is 2.58. The molecule has 110 valence electrons. The Hall–Kier alpha value is -2.21. The number of hydrogen-bond donors (Lipinski definition) is 2. The van der Waals surface area contributed by atoms with E-state index in [1.807, 2.05) is 25.2 Å². The summed E-state index contributed by atoms with van der Waals surface area (Å²) in [5.74, 6) is 0.0546. The summed E-state index contributed by atoms with van der Waals surface area (Å²) in [5, 5.41) is 3.25. The molecule has 1 amide bonds. The van der Waals surface area contributed by atoms with Gasteiger partial charge in [-0.1, -0.05) is 6.07 Å². The van der Waals surface area contributed by atoms with Crippen molar-refractivity contribution < 1.29 is 4.79 Å². The van der Waals surface area contributed by atoms with Gasteiger partial charge < -0.3 is 15.2 Å². The number of imidazole rings is 1. The second-order valence-corrected chi connectivity index (χ2v) is 5.23. The SMILES string of the molecule is CN(CCc1ccccn1)C(=O)C1NCCc2[nH]cnc21. The number of pyridine rings is 1. The van der Waals surface area contributed by atoms with E-state index in [4.69, 9.17) is 0 Å². The van der Waals surface area contributed by atoms with Crippen molar-refractivity contribution in [3.63, 3.8) is 0 Å². The maximum absolute atomic E-state index is 12.6. The predicted molar refractivity (Wildman–Crippen MR) is 78.6 cm³/mol. The zero-order valence-corrected chi connectivity index (χ0v) is 12.0. The second kappa shape index (κ2) is 6.05. The summed E-state index contributed by atoms with van der Waals surface area (Å²) < 4.78 is 0. The summed E-state index contributed by atoms with van der Waals surface area (Å²) in [4.78, 5) is 26.0. The highest BCUT2D eigenvalue weighted by molar-refractivity contribution is 5.83. The molecule has 0 saturated carbocycles. The number of H-pyrrole nitrogens is 1. The van der Waals surface area contributed by atoms with Crippen molar-refractivity contribution in [2.45, 2.75) is 18.9 Å². The lowest BCUT2D eigenvalue weighted by atomic mass is 10.0. The van der Waals surface area contributed by atoms with Crippen LogP contribution in [0.1, 0.15) is 23.1 Å². The molecule has 0 bridgehead atoms. The number of rotatable bonds is 4. The van der Waals surface area contributed by atoms with E-state index in [1.165, 1.54) is 0 Å². The summed E-state index contributed by atoms with van der Waals surface area (Å²) in [5.41, 5.74) is 2.88. The first kappa shape index (κ1) is 13.8. The minimum absolute atomic E-state index is 0.0546. The van der Waals surface area contributed by atoms with E-state index in [9.17, 15) is 4.79 Å². The Bertz CT molecular complexity index is 610. The third kappa shape index (κ3) is 2.95. The fraction of sp³-hybridized carbons (Fsp3) is 0.400. The Labute approximate surface area is 123 Å². The van der Waals surface area contributed by atoms with Crippen molar-refractivity contribution in [1.82, 2.24) is 25.2 Å². The highest BCUT2D eigenvalue weighted by Crippen LogP contribution is 2.20. The van der Waals surface area contributed by atoms with Crippen molar-refractivity contribution in [3.05, 3.63) is 47.8 Å². The van der Waals surface area contributed by atoms with Crippen molar-refractivity contribution in [3.8, 4) is 0 Å². The number of nitrogens with one attached hydrogen (secondary N) is 2. The number of likely N-dealkylation sites (N-methyl/N-ethyl adjacent to an activating group) is 1. The minimum atomic E-state index is -0.339. The smallest absolute Gasteiger partial charge is 0.245 e. The number of aromatic amines is 1. The van der Waals surface area contributed by atoms with Crippen LogP contribution in [0.3, 0.4) is 0 Å². The van der Waals surface area contributed by atoms with E-state index in [0.29, 0.717) is 6.54 Å². The van der Waals surface area contributed by atoms with Gasteiger partial charge in [-0.05, 0) is 12.1 Å². The molecule has 2 aromatic rings. The van der Waals surface area contributed by atoms with Crippen LogP contribution < -0.4 is 5.32 Å². The average molecular weight is 285 g/mol. The third-order valence-corrected chi connectivity index (χ3v) is 3.80. The van der Waals surface area contributed by atoms with Gasteiger partial charge in [-0.2, -0.15) is 0 Å². The van der Waals surface area contributed by atoms with Crippen LogP contribution in [0, 0.1) is 0 Å². The summed E-state index contributed by atoms with van der Waals surface area (Å²) in [6, 6.07) is 5.49. The molecular weight excluding hydrogens is 266 g/mol. The largest absolute Gasteiger partial charge is 0.348 e. The third-order valence-electron chi connectivity index (χ3n) is 3.80. The molecule has 21 heavy (non-hydrogen) atoms. The zero-order valence-electron chi connectivity index (χ0n) is 12.0. The van der Waals surface area contributed by atoms with Crippen molar-refractivity contribution in [2.75, 3.05) is 20.1 Å². The van der Waals surface area contributed by atoms with E-state index in [0.717, 1.165) is 36.5 Å². The van der Waals surface area contributed by atoms with Gasteiger partial charge in [0.1, 0.15) is 6.04 Å². The lowest BCUT2D eigenvalue weighted by Crippen LogP contribution is -2.43. The molecule has 1 atom stereocenters. The number of fused-ring (bicyclic) bond motifs is 1. The quantitative estimate of drug-likeness (QED) is 0.867. The minimum Gasteiger partial charge on any atom is -0.348 e. The maximum Gasteiger partial charge on any atom is 0.245 e. The summed E-state index contributed by atoms with van der Waals surface area (Å²) >= 11 is 0. The van der Waals surface area contributed by atoms with Crippen LogP contribution in [0.5, 0.6) is 0 Å². The lowest BCUT2D eigenvalue weighted by Gasteiger charge is -2.27. The van der Waals surface area contributed by atoms with Gasteiger partial charge in [-0.25, -0.2) is 4.98 Å². The van der Waals surface area contributed by atoms with Crippen molar-refractivity contribution in [1.29, 1.82) is 0 Å². The van der Waals surface area contributed by atoms with Gasteiger partial charge in [0.15, 0.2) is 0 Å². The molecule has 2 aromatic heterocycles. The summed E-state index contributed by atoms with van der Waals surface area (Å²) in [6.07, 6.45) is 5.07. The van der Waals surface area contributed by atoms with Crippen LogP contribution in [-0.4, -0.2) is 45.9 Å². The van der Waals surface area contributed by atoms with Crippen molar-refractivity contribution >= 4 is 5.91 Å². The first-order valence-corrected chi connectivity index (χ1v) is 7.16. The average Bonchev–Trinajstić information content (AvgIpc) is 3.01. The van der Waals surface area contributed by atoms with Gasteiger partial charge in [0.25, 0.3) is 0 Å². The van der Waals surface area contributed by atoms with Gasteiger partial charge in [0, 0.05) is 50.6 Å². The molecule has 1 aliphatic rings. The molecule has 1 unspecified atom stereocenters. The van der Waals surface area contributed by atoms with Gasteiger partial charge in [0.05, 0.1) is 12.0 Å². The van der Waals surface area contributed by atoms with E-state index < -0.39 is 0 Å². The second-order valence-electron chi connectivity index (χ2n) is 5.23. The number of amides is 1. The molecule has 6 nitrogen and oxygen atoms in total. The van der Waals surface area contributed by atoms with Crippen LogP contribution in [0.15, 0.2) is 30.7 Å². The first-order valence-electron chi connectivity index (χ1n) is 7.16. The van der Waals surface area contributed by atoms with E-state index >= 15 is 0 Å². The monoisotopic (exact) mass is 285 g/mol. The molecule has 0 aliphatic carbocycles. The van der Waals surface area contributed by atoms with Crippen LogP contribution in [-0.2, 0) is 17.6 Å². The number of hydrogen-bond acceptors (Lipinski definition) is 4. The number of carbonyl (C=O) groups is 1. The molecular formula is C15H19N5O. The van der Waals surface area contributed by atoms with Gasteiger partial charge in [-0.15, -0.1) is 0 Å². The molecule has 0 saturated heterocycles. The highest BCUT2D eigenvalue weighted by atomic mass is 16.2. The molecule has 0 spiro atoms. The number of carbonyl (C=O) groups excluding carboxylic acids is 1. The lowest BCUT2D eigenvalue weighted by molar-refractivity contribution is -0.132.